The van der Waals surface area contributed by atoms with Crippen LogP contribution >= 0.6 is 11.6 Å². The second-order valence-electron chi connectivity index (χ2n) is 4.45. The molecule has 0 heterocycles. The Kier molecular flexibility index (Phi) is 4.15. The fraction of sp³-hybridized carbons (Fsp3) is 0.133. The fourth-order valence-corrected chi connectivity index (χ4v) is 1.96. The molecule has 2 rings (SSSR count). The lowest BCUT2D eigenvalue weighted by Crippen LogP contribution is -2.14. The fourth-order valence-electron chi connectivity index (χ4n) is 1.84. The van der Waals surface area contributed by atoms with E-state index in [2.05, 4.69) is 5.16 Å². The quantitative estimate of drug-likeness (QED) is 0.390. The molecule has 0 fully saturated rings. The number of para-hydroxylation sites is 1. The predicted octanol–water partition coefficient (Wildman–Crippen LogP) is 3.84. The summed E-state index contributed by atoms with van der Waals surface area (Å²) in [6, 6.07) is 10.8. The van der Waals surface area contributed by atoms with E-state index in [1.165, 1.54) is 0 Å². The molecule has 2 aromatic rings. The number of oxime groups is 1. The van der Waals surface area contributed by atoms with Gasteiger partial charge in [0.15, 0.2) is 5.84 Å². The van der Waals surface area contributed by atoms with Crippen LogP contribution in [0.1, 0.15) is 16.7 Å². The first-order chi connectivity index (χ1) is 9.52. The van der Waals surface area contributed by atoms with Gasteiger partial charge < -0.3 is 15.7 Å². The molecule has 2 aromatic carbocycles. The van der Waals surface area contributed by atoms with Gasteiger partial charge in [0.1, 0.15) is 11.5 Å². The number of aryl methyl sites for hydroxylation is 2. The minimum absolute atomic E-state index is 0.00869. The summed E-state index contributed by atoms with van der Waals surface area (Å²) in [5.74, 6) is 1.21. The number of nitrogens with zero attached hydrogens (tertiary/aromatic N) is 1. The van der Waals surface area contributed by atoms with Gasteiger partial charge in [0.25, 0.3) is 0 Å². The van der Waals surface area contributed by atoms with Crippen molar-refractivity contribution in [2.24, 2.45) is 10.9 Å². The van der Waals surface area contributed by atoms with Crippen molar-refractivity contribution in [3.8, 4) is 11.5 Å². The highest BCUT2D eigenvalue weighted by molar-refractivity contribution is 6.31. The molecule has 0 bridgehead atoms. The van der Waals surface area contributed by atoms with Crippen LogP contribution < -0.4 is 10.5 Å². The van der Waals surface area contributed by atoms with E-state index < -0.39 is 0 Å². The number of nitrogens with two attached hydrogens (primary N) is 1. The maximum Gasteiger partial charge on any atom is 0.173 e. The SMILES string of the molecule is Cc1cc(Oc2c(C)cccc2/C(N)=N/O)ccc1Cl. The predicted molar refractivity (Wildman–Crippen MR) is 80.0 cm³/mol. The van der Waals surface area contributed by atoms with E-state index in [-0.39, 0.29) is 5.84 Å². The Bertz CT molecular complexity index is 669. The molecule has 20 heavy (non-hydrogen) atoms. The molecule has 0 unspecified atom stereocenters. The van der Waals surface area contributed by atoms with Crippen LogP contribution in [-0.4, -0.2) is 11.0 Å². The van der Waals surface area contributed by atoms with Crippen molar-refractivity contribution in [3.05, 3.63) is 58.1 Å². The van der Waals surface area contributed by atoms with E-state index in [0.29, 0.717) is 22.1 Å². The van der Waals surface area contributed by atoms with E-state index in [4.69, 9.17) is 27.3 Å². The van der Waals surface area contributed by atoms with Crippen LogP contribution in [0.5, 0.6) is 11.5 Å². The first kappa shape index (κ1) is 14.2. The molecule has 0 saturated heterocycles. The van der Waals surface area contributed by atoms with Crippen molar-refractivity contribution < 1.29 is 9.94 Å². The zero-order valence-electron chi connectivity index (χ0n) is 11.2. The number of halogens is 1. The van der Waals surface area contributed by atoms with Crippen LogP contribution in [0.2, 0.25) is 5.02 Å². The highest BCUT2D eigenvalue weighted by Crippen LogP contribution is 2.30. The third-order valence-electron chi connectivity index (χ3n) is 2.94. The number of hydrogen-bond acceptors (Lipinski definition) is 3. The van der Waals surface area contributed by atoms with Crippen molar-refractivity contribution in [1.82, 2.24) is 0 Å². The largest absolute Gasteiger partial charge is 0.456 e. The summed E-state index contributed by atoms with van der Waals surface area (Å²) in [7, 11) is 0. The molecule has 0 amide bonds. The van der Waals surface area contributed by atoms with Crippen molar-refractivity contribution >= 4 is 17.4 Å². The molecule has 0 atom stereocenters. The van der Waals surface area contributed by atoms with Crippen LogP contribution in [-0.2, 0) is 0 Å². The summed E-state index contributed by atoms with van der Waals surface area (Å²) in [4.78, 5) is 0. The van der Waals surface area contributed by atoms with E-state index in [0.717, 1.165) is 11.1 Å². The smallest absolute Gasteiger partial charge is 0.173 e. The molecule has 0 aliphatic heterocycles. The standard InChI is InChI=1S/C15H15ClN2O2/c1-9-4-3-5-12(15(17)18-19)14(9)20-11-6-7-13(16)10(2)8-11/h3-8,19H,1-2H3,(H2,17,18). The van der Waals surface area contributed by atoms with Crippen molar-refractivity contribution in [2.45, 2.75) is 13.8 Å². The third kappa shape index (κ3) is 2.86. The van der Waals surface area contributed by atoms with Crippen molar-refractivity contribution in [3.63, 3.8) is 0 Å². The van der Waals surface area contributed by atoms with Crippen molar-refractivity contribution in [1.29, 1.82) is 0 Å². The average Bonchev–Trinajstić information content (AvgIpc) is 2.44. The number of rotatable bonds is 3. The Morgan fingerprint density at radius 2 is 1.95 bits per heavy atom. The summed E-state index contributed by atoms with van der Waals surface area (Å²) < 4.78 is 5.87. The zero-order valence-corrected chi connectivity index (χ0v) is 12.0. The monoisotopic (exact) mass is 290 g/mol. The number of hydrogen-bond donors (Lipinski definition) is 2. The number of ether oxygens (including phenoxy) is 1. The van der Waals surface area contributed by atoms with Gasteiger partial charge in [-0.2, -0.15) is 0 Å². The minimum Gasteiger partial charge on any atom is -0.456 e. The van der Waals surface area contributed by atoms with Crippen LogP contribution in [0.3, 0.4) is 0 Å². The first-order valence-corrected chi connectivity index (χ1v) is 6.42. The van der Waals surface area contributed by atoms with E-state index in [1.54, 1.807) is 18.2 Å². The molecule has 0 aliphatic rings. The van der Waals surface area contributed by atoms with Crippen LogP contribution in [0.25, 0.3) is 0 Å². The van der Waals surface area contributed by atoms with Gasteiger partial charge in [0.05, 0.1) is 5.56 Å². The lowest BCUT2D eigenvalue weighted by atomic mass is 10.1. The Hall–Kier alpha value is -2.20. The normalized spacial score (nSPS) is 11.4. The molecular formula is C15H15ClN2O2. The molecule has 0 spiro atoms. The van der Waals surface area contributed by atoms with Gasteiger partial charge in [0, 0.05) is 5.02 Å². The topological polar surface area (TPSA) is 67.8 Å². The second-order valence-corrected chi connectivity index (χ2v) is 4.86. The van der Waals surface area contributed by atoms with Gasteiger partial charge in [-0.15, -0.1) is 0 Å². The minimum atomic E-state index is 0.00869. The van der Waals surface area contributed by atoms with Gasteiger partial charge in [-0.1, -0.05) is 28.9 Å². The molecule has 0 aromatic heterocycles. The van der Waals surface area contributed by atoms with Gasteiger partial charge in [0.2, 0.25) is 0 Å². The average molecular weight is 291 g/mol. The van der Waals surface area contributed by atoms with E-state index in [1.807, 2.05) is 32.0 Å². The van der Waals surface area contributed by atoms with E-state index >= 15 is 0 Å². The molecule has 104 valence electrons. The number of amidine groups is 1. The van der Waals surface area contributed by atoms with Crippen LogP contribution in [0.4, 0.5) is 0 Å². The molecular weight excluding hydrogens is 276 g/mol. The molecule has 0 radical (unpaired) electrons. The molecule has 3 N–H and O–H groups in total. The highest BCUT2D eigenvalue weighted by atomic mass is 35.5. The van der Waals surface area contributed by atoms with Crippen LogP contribution in [0.15, 0.2) is 41.6 Å². The van der Waals surface area contributed by atoms with Crippen LogP contribution in [0, 0.1) is 13.8 Å². The molecule has 5 heteroatoms. The Morgan fingerprint density at radius 1 is 1.20 bits per heavy atom. The summed E-state index contributed by atoms with van der Waals surface area (Å²) in [5.41, 5.74) is 8.02. The first-order valence-electron chi connectivity index (χ1n) is 6.04. The molecule has 0 saturated carbocycles. The van der Waals surface area contributed by atoms with E-state index in [9.17, 15) is 0 Å². The lowest BCUT2D eigenvalue weighted by molar-refractivity contribution is 0.318. The van der Waals surface area contributed by atoms with Crippen molar-refractivity contribution in [2.75, 3.05) is 0 Å². The van der Waals surface area contributed by atoms with Gasteiger partial charge in [-0.25, -0.2) is 0 Å². The molecule has 0 aliphatic carbocycles. The maximum atomic E-state index is 8.84. The Morgan fingerprint density at radius 3 is 2.60 bits per heavy atom. The van der Waals surface area contributed by atoms with Gasteiger partial charge >= 0.3 is 0 Å². The highest BCUT2D eigenvalue weighted by Gasteiger charge is 2.12. The number of benzene rings is 2. The summed E-state index contributed by atoms with van der Waals surface area (Å²) in [6.45, 7) is 3.80. The third-order valence-corrected chi connectivity index (χ3v) is 3.37. The van der Waals surface area contributed by atoms with Gasteiger partial charge in [-0.3, -0.25) is 0 Å². The van der Waals surface area contributed by atoms with Gasteiger partial charge in [-0.05, 0) is 49.2 Å². The Balaban J connectivity index is 2.45. The summed E-state index contributed by atoms with van der Waals surface area (Å²) in [6.07, 6.45) is 0. The maximum absolute atomic E-state index is 8.84. The lowest BCUT2D eigenvalue weighted by Gasteiger charge is -2.13. The Labute approximate surface area is 122 Å². The zero-order chi connectivity index (χ0) is 14.7. The summed E-state index contributed by atoms with van der Waals surface area (Å²) in [5, 5.41) is 12.5. The second kappa shape index (κ2) is 5.84. The summed E-state index contributed by atoms with van der Waals surface area (Å²) >= 11 is 5.99. The molecule has 4 nitrogen and oxygen atoms in total.